The van der Waals surface area contributed by atoms with Crippen LogP contribution in [0.3, 0.4) is 0 Å². The quantitative estimate of drug-likeness (QED) is 0.823. The zero-order valence-electron chi connectivity index (χ0n) is 11.1. The highest BCUT2D eigenvalue weighted by Gasteiger charge is 2.12. The van der Waals surface area contributed by atoms with Crippen molar-refractivity contribution >= 4 is 38.9 Å². The van der Waals surface area contributed by atoms with Crippen LogP contribution in [-0.4, -0.2) is 10.5 Å². The lowest BCUT2D eigenvalue weighted by Gasteiger charge is -2.19. The summed E-state index contributed by atoms with van der Waals surface area (Å²) < 4.78 is 0.978. The average Bonchev–Trinajstić information content (AvgIpc) is 2.74. The van der Waals surface area contributed by atoms with E-state index < -0.39 is 0 Å². The second-order valence-electron chi connectivity index (χ2n) is 5.35. The fraction of sp³-hybridized carbons (Fsp3) is 0.357. The molecule has 0 unspecified atom stereocenters. The third-order valence-corrected chi connectivity index (χ3v) is 4.18. The van der Waals surface area contributed by atoms with Crippen LogP contribution in [0.5, 0.6) is 0 Å². The van der Waals surface area contributed by atoms with Gasteiger partial charge in [0, 0.05) is 27.5 Å². The molecule has 0 saturated carbocycles. The van der Waals surface area contributed by atoms with E-state index in [-0.39, 0.29) is 5.54 Å². The Morgan fingerprint density at radius 1 is 1.37 bits per heavy atom. The molecular weight excluding hydrogens is 344 g/mol. The van der Waals surface area contributed by atoms with Gasteiger partial charge in [-0.15, -0.1) is 11.3 Å². The standard InChI is InChI=1S/C14H16BrClN2S/c1-14(2,3)17-7-13-18-12(8-19-13)10-5-4-9(15)6-11(10)16/h4-6,8,17H,7H2,1-3H3. The van der Waals surface area contributed by atoms with Crippen LogP contribution in [-0.2, 0) is 6.54 Å². The minimum atomic E-state index is 0.0983. The van der Waals surface area contributed by atoms with E-state index in [0.717, 1.165) is 32.3 Å². The summed E-state index contributed by atoms with van der Waals surface area (Å²) in [6.07, 6.45) is 0. The molecule has 1 aromatic heterocycles. The van der Waals surface area contributed by atoms with Crippen molar-refractivity contribution in [1.29, 1.82) is 0 Å². The zero-order chi connectivity index (χ0) is 14.0. The Kier molecular flexibility index (Phi) is 4.66. The van der Waals surface area contributed by atoms with Crippen molar-refractivity contribution < 1.29 is 0 Å². The number of aromatic nitrogens is 1. The van der Waals surface area contributed by atoms with E-state index in [2.05, 4.69) is 52.4 Å². The van der Waals surface area contributed by atoms with Crippen LogP contribution >= 0.6 is 38.9 Å². The minimum absolute atomic E-state index is 0.0983. The zero-order valence-corrected chi connectivity index (χ0v) is 14.3. The van der Waals surface area contributed by atoms with Crippen LogP contribution in [0, 0.1) is 0 Å². The molecule has 0 aliphatic heterocycles. The first-order valence-electron chi connectivity index (χ1n) is 6.00. The second-order valence-corrected chi connectivity index (χ2v) is 7.62. The third-order valence-electron chi connectivity index (χ3n) is 2.53. The highest BCUT2D eigenvalue weighted by Crippen LogP contribution is 2.31. The normalized spacial score (nSPS) is 11.8. The number of nitrogens with one attached hydrogen (secondary N) is 1. The van der Waals surface area contributed by atoms with Gasteiger partial charge < -0.3 is 5.32 Å². The van der Waals surface area contributed by atoms with Gasteiger partial charge in [0.05, 0.1) is 10.7 Å². The van der Waals surface area contributed by atoms with Crippen LogP contribution < -0.4 is 5.32 Å². The molecule has 1 heterocycles. The molecule has 0 radical (unpaired) electrons. The van der Waals surface area contributed by atoms with Gasteiger partial charge in [0.1, 0.15) is 5.01 Å². The van der Waals surface area contributed by atoms with E-state index in [1.807, 2.05) is 18.2 Å². The lowest BCUT2D eigenvalue weighted by Crippen LogP contribution is -2.34. The summed E-state index contributed by atoms with van der Waals surface area (Å²) in [5, 5.41) is 7.28. The summed E-state index contributed by atoms with van der Waals surface area (Å²) in [4.78, 5) is 4.63. The Balaban J connectivity index is 2.16. The first-order chi connectivity index (χ1) is 8.85. The van der Waals surface area contributed by atoms with Crippen LogP contribution in [0.4, 0.5) is 0 Å². The van der Waals surface area contributed by atoms with Crippen molar-refractivity contribution in [3.05, 3.63) is 38.1 Å². The van der Waals surface area contributed by atoms with E-state index in [4.69, 9.17) is 11.6 Å². The first-order valence-corrected chi connectivity index (χ1v) is 8.05. The van der Waals surface area contributed by atoms with Gasteiger partial charge in [-0.1, -0.05) is 33.6 Å². The van der Waals surface area contributed by atoms with Crippen LogP contribution in [0.1, 0.15) is 25.8 Å². The molecule has 5 heteroatoms. The number of halogens is 2. The Hall–Kier alpha value is -0.420. The van der Waals surface area contributed by atoms with Crippen molar-refractivity contribution in [3.63, 3.8) is 0 Å². The average molecular weight is 360 g/mol. The highest BCUT2D eigenvalue weighted by molar-refractivity contribution is 9.10. The van der Waals surface area contributed by atoms with E-state index in [1.165, 1.54) is 0 Å². The molecule has 0 fully saturated rings. The van der Waals surface area contributed by atoms with E-state index in [1.54, 1.807) is 11.3 Å². The van der Waals surface area contributed by atoms with E-state index in [9.17, 15) is 0 Å². The fourth-order valence-corrected chi connectivity index (χ4v) is 3.06. The number of rotatable bonds is 3. The maximum atomic E-state index is 6.24. The summed E-state index contributed by atoms with van der Waals surface area (Å²) in [5.41, 5.74) is 2.01. The number of benzene rings is 1. The molecule has 1 N–H and O–H groups in total. The molecule has 0 aliphatic carbocycles. The summed E-state index contributed by atoms with van der Waals surface area (Å²) in [6.45, 7) is 7.22. The van der Waals surface area contributed by atoms with Gasteiger partial charge in [-0.2, -0.15) is 0 Å². The van der Waals surface area contributed by atoms with Crippen molar-refractivity contribution in [1.82, 2.24) is 10.3 Å². The molecule has 0 spiro atoms. The van der Waals surface area contributed by atoms with E-state index in [0.29, 0.717) is 0 Å². The van der Waals surface area contributed by atoms with Crippen LogP contribution in [0.15, 0.2) is 28.1 Å². The molecular formula is C14H16BrClN2S. The maximum absolute atomic E-state index is 6.24. The number of hydrogen-bond donors (Lipinski definition) is 1. The molecule has 0 bridgehead atoms. The van der Waals surface area contributed by atoms with Gasteiger partial charge in [-0.25, -0.2) is 4.98 Å². The summed E-state index contributed by atoms with van der Waals surface area (Å²) in [7, 11) is 0. The molecule has 0 amide bonds. The Morgan fingerprint density at radius 3 is 2.74 bits per heavy atom. The SMILES string of the molecule is CC(C)(C)NCc1nc(-c2ccc(Br)cc2Cl)cs1. The predicted octanol–water partition coefficient (Wildman–Crippen LogP) is 5.11. The lowest BCUT2D eigenvalue weighted by molar-refractivity contribution is 0.424. The smallest absolute Gasteiger partial charge is 0.107 e. The predicted molar refractivity (Wildman–Crippen MR) is 86.9 cm³/mol. The molecule has 2 nitrogen and oxygen atoms in total. The molecule has 1 aromatic carbocycles. The highest BCUT2D eigenvalue weighted by atomic mass is 79.9. The van der Waals surface area contributed by atoms with Crippen LogP contribution in [0.25, 0.3) is 11.3 Å². The van der Waals surface area contributed by atoms with Gasteiger partial charge in [0.15, 0.2) is 0 Å². The molecule has 0 aliphatic rings. The second kappa shape index (κ2) is 5.92. The van der Waals surface area contributed by atoms with Crippen molar-refractivity contribution in [2.24, 2.45) is 0 Å². The lowest BCUT2D eigenvalue weighted by atomic mass is 10.1. The van der Waals surface area contributed by atoms with Crippen LogP contribution in [0.2, 0.25) is 5.02 Å². The summed E-state index contributed by atoms with van der Waals surface area (Å²) in [6, 6.07) is 5.86. The molecule has 19 heavy (non-hydrogen) atoms. The number of nitrogens with zero attached hydrogens (tertiary/aromatic N) is 1. The Morgan fingerprint density at radius 2 is 2.11 bits per heavy atom. The van der Waals surface area contributed by atoms with Gasteiger partial charge in [0.2, 0.25) is 0 Å². The van der Waals surface area contributed by atoms with Gasteiger partial charge in [-0.05, 0) is 32.9 Å². The van der Waals surface area contributed by atoms with Gasteiger partial charge >= 0.3 is 0 Å². The van der Waals surface area contributed by atoms with Gasteiger partial charge in [-0.3, -0.25) is 0 Å². The molecule has 2 rings (SSSR count). The van der Waals surface area contributed by atoms with Crippen molar-refractivity contribution in [2.75, 3.05) is 0 Å². The maximum Gasteiger partial charge on any atom is 0.107 e. The van der Waals surface area contributed by atoms with Crippen molar-refractivity contribution in [3.8, 4) is 11.3 Å². The van der Waals surface area contributed by atoms with E-state index >= 15 is 0 Å². The molecule has 102 valence electrons. The largest absolute Gasteiger partial charge is 0.306 e. The molecule has 0 saturated heterocycles. The van der Waals surface area contributed by atoms with Crippen molar-refractivity contribution in [2.45, 2.75) is 32.9 Å². The summed E-state index contributed by atoms with van der Waals surface area (Å²) in [5.74, 6) is 0. The fourth-order valence-electron chi connectivity index (χ4n) is 1.55. The minimum Gasteiger partial charge on any atom is -0.306 e. The first kappa shape index (κ1) is 15.0. The number of hydrogen-bond acceptors (Lipinski definition) is 3. The molecule has 2 aromatic rings. The van der Waals surface area contributed by atoms with Gasteiger partial charge in [0.25, 0.3) is 0 Å². The number of thiazole rings is 1. The monoisotopic (exact) mass is 358 g/mol. The Labute approximate surface area is 131 Å². The Bertz CT molecular complexity index is 575. The third kappa shape index (κ3) is 4.28. The summed E-state index contributed by atoms with van der Waals surface area (Å²) >= 11 is 11.3. The molecule has 0 atom stereocenters. The topological polar surface area (TPSA) is 24.9 Å².